The van der Waals surface area contributed by atoms with Crippen molar-refractivity contribution in [3.05, 3.63) is 89.4 Å². The van der Waals surface area contributed by atoms with Crippen LogP contribution in [0.25, 0.3) is 0 Å². The van der Waals surface area contributed by atoms with Crippen molar-refractivity contribution < 1.29 is 12.8 Å². The van der Waals surface area contributed by atoms with Gasteiger partial charge in [-0.2, -0.15) is 4.72 Å². The molecule has 0 amide bonds. The fourth-order valence-corrected chi connectivity index (χ4v) is 3.68. The third-order valence-corrected chi connectivity index (χ3v) is 5.22. The molecule has 0 aliphatic heterocycles. The van der Waals surface area contributed by atoms with E-state index in [0.717, 1.165) is 16.9 Å². The SMILES string of the molecule is Cc1ccc(S(=O)(=O)N[C@H](c2ccccc2)c2ccc(C)o2)cc1. The van der Waals surface area contributed by atoms with Gasteiger partial charge in [-0.25, -0.2) is 8.42 Å². The summed E-state index contributed by atoms with van der Waals surface area (Å²) < 4.78 is 33.9. The van der Waals surface area contributed by atoms with Crippen molar-refractivity contribution in [2.24, 2.45) is 0 Å². The summed E-state index contributed by atoms with van der Waals surface area (Å²) in [6.45, 7) is 3.75. The van der Waals surface area contributed by atoms with Gasteiger partial charge in [-0.15, -0.1) is 0 Å². The molecule has 5 heteroatoms. The van der Waals surface area contributed by atoms with Crippen LogP contribution < -0.4 is 4.72 Å². The first-order chi connectivity index (χ1) is 11.5. The molecule has 2 aromatic carbocycles. The molecule has 0 bridgehead atoms. The lowest BCUT2D eigenvalue weighted by molar-refractivity contribution is 0.451. The topological polar surface area (TPSA) is 59.3 Å². The summed E-state index contributed by atoms with van der Waals surface area (Å²) in [6.07, 6.45) is 0. The second-order valence-electron chi connectivity index (χ2n) is 5.73. The van der Waals surface area contributed by atoms with Gasteiger partial charge in [-0.3, -0.25) is 0 Å². The van der Waals surface area contributed by atoms with Gasteiger partial charge >= 0.3 is 0 Å². The number of hydrogen-bond acceptors (Lipinski definition) is 3. The van der Waals surface area contributed by atoms with Gasteiger partial charge in [0.25, 0.3) is 0 Å². The molecule has 0 aliphatic carbocycles. The molecule has 3 aromatic rings. The zero-order valence-electron chi connectivity index (χ0n) is 13.6. The number of rotatable bonds is 5. The van der Waals surface area contributed by atoms with Crippen LogP contribution in [0.5, 0.6) is 0 Å². The molecule has 4 nitrogen and oxygen atoms in total. The molecule has 1 atom stereocenters. The van der Waals surface area contributed by atoms with Crippen molar-refractivity contribution in [1.82, 2.24) is 4.72 Å². The number of aryl methyl sites for hydroxylation is 2. The van der Waals surface area contributed by atoms with E-state index >= 15 is 0 Å². The molecule has 0 aliphatic rings. The van der Waals surface area contributed by atoms with Crippen molar-refractivity contribution in [2.75, 3.05) is 0 Å². The summed E-state index contributed by atoms with van der Waals surface area (Å²) in [4.78, 5) is 0.234. The summed E-state index contributed by atoms with van der Waals surface area (Å²) in [5.74, 6) is 1.30. The highest BCUT2D eigenvalue weighted by Gasteiger charge is 2.25. The number of benzene rings is 2. The van der Waals surface area contributed by atoms with Crippen LogP contribution >= 0.6 is 0 Å². The van der Waals surface area contributed by atoms with Gasteiger partial charge in [0.15, 0.2) is 0 Å². The van der Waals surface area contributed by atoms with Gasteiger partial charge in [-0.1, -0.05) is 48.0 Å². The first-order valence-corrected chi connectivity index (χ1v) is 9.14. The molecule has 0 radical (unpaired) electrons. The normalized spacial score (nSPS) is 12.9. The fourth-order valence-electron chi connectivity index (χ4n) is 2.49. The smallest absolute Gasteiger partial charge is 0.241 e. The van der Waals surface area contributed by atoms with Gasteiger partial charge in [-0.05, 0) is 43.7 Å². The second-order valence-corrected chi connectivity index (χ2v) is 7.44. The predicted octanol–water partition coefficient (Wildman–Crippen LogP) is 3.96. The van der Waals surface area contributed by atoms with E-state index in [9.17, 15) is 8.42 Å². The summed E-state index contributed by atoms with van der Waals surface area (Å²) in [7, 11) is -3.67. The fraction of sp³-hybridized carbons (Fsp3) is 0.158. The Hall–Kier alpha value is -2.37. The third-order valence-electron chi connectivity index (χ3n) is 3.78. The number of hydrogen-bond donors (Lipinski definition) is 1. The standard InChI is InChI=1S/C19H19NO3S/c1-14-8-11-17(12-9-14)24(21,22)20-19(16-6-4-3-5-7-16)18-13-10-15(2)23-18/h3-13,19-20H,1-2H3/t19-/m1/s1. The highest BCUT2D eigenvalue weighted by Crippen LogP contribution is 2.26. The predicted molar refractivity (Wildman–Crippen MR) is 93.2 cm³/mol. The highest BCUT2D eigenvalue weighted by molar-refractivity contribution is 7.89. The Morgan fingerprint density at radius 1 is 0.875 bits per heavy atom. The maximum atomic E-state index is 12.8. The summed E-state index contributed by atoms with van der Waals surface area (Å²) in [5, 5.41) is 0. The first kappa shape index (κ1) is 16.5. The van der Waals surface area contributed by atoms with Gasteiger partial charge in [0.05, 0.1) is 4.90 Å². The van der Waals surface area contributed by atoms with E-state index in [0.29, 0.717) is 5.76 Å². The average molecular weight is 341 g/mol. The zero-order chi connectivity index (χ0) is 17.2. The van der Waals surface area contributed by atoms with Crippen molar-refractivity contribution >= 4 is 10.0 Å². The van der Waals surface area contributed by atoms with E-state index in [2.05, 4.69) is 4.72 Å². The Morgan fingerprint density at radius 2 is 1.54 bits per heavy atom. The van der Waals surface area contributed by atoms with Crippen LogP contribution in [0.4, 0.5) is 0 Å². The van der Waals surface area contributed by atoms with E-state index in [1.807, 2.05) is 50.2 Å². The van der Waals surface area contributed by atoms with Gasteiger partial charge in [0.1, 0.15) is 17.6 Å². The van der Waals surface area contributed by atoms with Crippen molar-refractivity contribution in [2.45, 2.75) is 24.8 Å². The minimum Gasteiger partial charge on any atom is -0.464 e. The minimum absolute atomic E-state index is 0.234. The molecule has 0 saturated carbocycles. The third kappa shape index (κ3) is 3.58. The molecule has 1 heterocycles. The van der Waals surface area contributed by atoms with Crippen LogP contribution in [0.2, 0.25) is 0 Å². The summed E-state index contributed by atoms with van der Waals surface area (Å²) in [5.41, 5.74) is 1.83. The summed E-state index contributed by atoms with van der Waals surface area (Å²) >= 11 is 0. The average Bonchev–Trinajstić information content (AvgIpc) is 3.00. The maximum Gasteiger partial charge on any atom is 0.241 e. The van der Waals surface area contributed by atoms with Gasteiger partial charge < -0.3 is 4.42 Å². The van der Waals surface area contributed by atoms with Crippen LogP contribution in [-0.2, 0) is 10.0 Å². The number of sulfonamides is 1. The maximum absolute atomic E-state index is 12.8. The quantitative estimate of drug-likeness (QED) is 0.764. The second kappa shape index (κ2) is 6.63. The molecule has 0 spiro atoms. The van der Waals surface area contributed by atoms with Gasteiger partial charge in [0, 0.05) is 0 Å². The molecule has 0 unspecified atom stereocenters. The van der Waals surface area contributed by atoms with Crippen LogP contribution in [0.3, 0.4) is 0 Å². The Labute approximate surface area is 142 Å². The zero-order valence-corrected chi connectivity index (χ0v) is 14.4. The Kier molecular flexibility index (Phi) is 4.55. The van der Waals surface area contributed by atoms with Crippen LogP contribution in [-0.4, -0.2) is 8.42 Å². The number of furan rings is 1. The molecule has 1 aromatic heterocycles. The van der Waals surface area contributed by atoms with Crippen LogP contribution in [0.1, 0.15) is 28.7 Å². The largest absolute Gasteiger partial charge is 0.464 e. The van der Waals surface area contributed by atoms with Crippen LogP contribution in [0.15, 0.2) is 76.0 Å². The van der Waals surface area contributed by atoms with Crippen molar-refractivity contribution in [3.63, 3.8) is 0 Å². The lowest BCUT2D eigenvalue weighted by Gasteiger charge is -2.17. The molecule has 0 fully saturated rings. The van der Waals surface area contributed by atoms with Crippen molar-refractivity contribution in [1.29, 1.82) is 0 Å². The summed E-state index contributed by atoms with van der Waals surface area (Å²) in [6, 6.07) is 19.2. The van der Waals surface area contributed by atoms with E-state index in [1.165, 1.54) is 0 Å². The van der Waals surface area contributed by atoms with E-state index < -0.39 is 16.1 Å². The van der Waals surface area contributed by atoms with Crippen LogP contribution in [0, 0.1) is 13.8 Å². The van der Waals surface area contributed by atoms with E-state index in [4.69, 9.17) is 4.42 Å². The van der Waals surface area contributed by atoms with E-state index in [1.54, 1.807) is 30.3 Å². The lowest BCUT2D eigenvalue weighted by Crippen LogP contribution is -2.29. The molecule has 0 saturated heterocycles. The Bertz CT molecular complexity index is 913. The van der Waals surface area contributed by atoms with E-state index in [-0.39, 0.29) is 4.90 Å². The molecule has 124 valence electrons. The Balaban J connectivity index is 1.99. The lowest BCUT2D eigenvalue weighted by atomic mass is 10.1. The first-order valence-electron chi connectivity index (χ1n) is 7.66. The highest BCUT2D eigenvalue weighted by atomic mass is 32.2. The molecule has 3 rings (SSSR count). The minimum atomic E-state index is -3.67. The molecular weight excluding hydrogens is 322 g/mol. The van der Waals surface area contributed by atoms with Gasteiger partial charge in [0.2, 0.25) is 10.0 Å². The monoisotopic (exact) mass is 341 g/mol. The molecule has 1 N–H and O–H groups in total. The Morgan fingerprint density at radius 3 is 2.12 bits per heavy atom. The molecule has 24 heavy (non-hydrogen) atoms. The molecular formula is C19H19NO3S. The van der Waals surface area contributed by atoms with Crippen molar-refractivity contribution in [3.8, 4) is 0 Å². The number of nitrogens with one attached hydrogen (secondary N) is 1.